The molecule has 0 saturated carbocycles. The van der Waals surface area contributed by atoms with Crippen LogP contribution < -0.4 is 5.49 Å². The highest BCUT2D eigenvalue weighted by Gasteiger charge is 2.05. The van der Waals surface area contributed by atoms with E-state index in [1.807, 2.05) is 0 Å². The van der Waals surface area contributed by atoms with Crippen molar-refractivity contribution in [1.82, 2.24) is 4.68 Å². The molecule has 0 spiro atoms. The zero-order valence-corrected chi connectivity index (χ0v) is 9.77. The van der Waals surface area contributed by atoms with Crippen LogP contribution in [0.4, 0.5) is 0 Å². The molecule has 0 aliphatic heterocycles. The summed E-state index contributed by atoms with van der Waals surface area (Å²) in [6.45, 7) is 3.39. The Kier molecular flexibility index (Phi) is 4.23. The van der Waals surface area contributed by atoms with Crippen LogP contribution in [-0.4, -0.2) is 29.9 Å². The number of hydrogen-bond donors (Lipinski definition) is 0. The van der Waals surface area contributed by atoms with Gasteiger partial charge in [0.15, 0.2) is 0 Å². The van der Waals surface area contributed by atoms with Crippen molar-refractivity contribution in [2.24, 2.45) is 10.1 Å². The summed E-state index contributed by atoms with van der Waals surface area (Å²) in [5.41, 5.74) is 1.47. The van der Waals surface area contributed by atoms with Gasteiger partial charge >= 0.3 is 5.97 Å². The maximum Gasteiger partial charge on any atom is 0.339 e. The molecule has 0 aliphatic carbocycles. The van der Waals surface area contributed by atoms with Crippen LogP contribution in [0.15, 0.2) is 28.4 Å². The third-order valence-corrected chi connectivity index (χ3v) is 1.95. The lowest BCUT2D eigenvalue weighted by atomic mass is 10.3. The van der Waals surface area contributed by atoms with E-state index >= 15 is 0 Å². The van der Waals surface area contributed by atoms with Gasteiger partial charge in [0.05, 0.1) is 18.1 Å². The summed E-state index contributed by atoms with van der Waals surface area (Å²) < 4.78 is 5.99. The van der Waals surface area contributed by atoms with Gasteiger partial charge in [-0.2, -0.15) is 5.10 Å². The average Bonchev–Trinajstić information content (AvgIpc) is 2.29. The van der Waals surface area contributed by atoms with Crippen LogP contribution in [0.1, 0.15) is 10.4 Å². The van der Waals surface area contributed by atoms with E-state index in [-0.39, 0.29) is 0 Å². The van der Waals surface area contributed by atoms with E-state index in [1.54, 1.807) is 12.1 Å². The van der Waals surface area contributed by atoms with E-state index in [1.165, 1.54) is 18.0 Å². The van der Waals surface area contributed by atoms with Gasteiger partial charge < -0.3 is 4.74 Å². The summed E-state index contributed by atoms with van der Waals surface area (Å²) in [6.07, 6.45) is 1.51. The molecule has 1 aromatic rings. The summed E-state index contributed by atoms with van der Waals surface area (Å²) >= 11 is 3.18. The molecule has 0 amide bonds. The normalized spacial score (nSPS) is 11.2. The standard InChI is InChI=1S/C9H10BrN3O2/c1-11-13-5-7(9(14)15-2)3-4-8(13)12-6-10/h3-5H,1,6H2,2H3/b12-8-. The van der Waals surface area contributed by atoms with Crippen LogP contribution in [0.3, 0.4) is 0 Å². The first-order valence-corrected chi connectivity index (χ1v) is 5.19. The molecule has 1 aromatic heterocycles. The number of halogens is 1. The van der Waals surface area contributed by atoms with Crippen LogP contribution in [0.2, 0.25) is 0 Å². The summed E-state index contributed by atoms with van der Waals surface area (Å²) in [4.78, 5) is 15.3. The number of nitrogens with zero attached hydrogens (tertiary/aromatic N) is 3. The molecule has 5 nitrogen and oxygen atoms in total. The van der Waals surface area contributed by atoms with Gasteiger partial charge in [0, 0.05) is 12.9 Å². The second-order valence-electron chi connectivity index (χ2n) is 2.53. The molecule has 0 N–H and O–H groups in total. The fourth-order valence-electron chi connectivity index (χ4n) is 1.02. The Morgan fingerprint density at radius 1 is 1.67 bits per heavy atom. The summed E-state index contributed by atoms with van der Waals surface area (Å²) in [6, 6.07) is 3.29. The molecule has 1 rings (SSSR count). The number of esters is 1. The highest BCUT2D eigenvalue weighted by atomic mass is 79.9. The summed E-state index contributed by atoms with van der Waals surface area (Å²) in [5.74, 6) is -0.419. The number of ether oxygens (including phenoxy) is 1. The van der Waals surface area contributed by atoms with Gasteiger partial charge in [-0.1, -0.05) is 15.9 Å². The monoisotopic (exact) mass is 271 g/mol. The topological polar surface area (TPSA) is 56.0 Å². The van der Waals surface area contributed by atoms with Crippen LogP contribution >= 0.6 is 15.9 Å². The molecule has 0 bridgehead atoms. The smallest absolute Gasteiger partial charge is 0.339 e. The number of pyridine rings is 1. The third kappa shape index (κ3) is 2.76. The van der Waals surface area contributed by atoms with E-state index < -0.39 is 5.97 Å². The number of hydrogen-bond acceptors (Lipinski definition) is 4. The minimum absolute atomic E-state index is 0.401. The molecule has 1 heterocycles. The van der Waals surface area contributed by atoms with Crippen LogP contribution in [0.5, 0.6) is 0 Å². The zero-order chi connectivity index (χ0) is 11.3. The number of carbonyl (C=O) groups is 1. The molecular formula is C9H10BrN3O2. The van der Waals surface area contributed by atoms with Gasteiger partial charge in [0.25, 0.3) is 0 Å². The zero-order valence-electron chi connectivity index (χ0n) is 8.18. The maximum atomic E-state index is 11.2. The Labute approximate surface area is 95.2 Å². The molecule has 0 radical (unpaired) electrons. The van der Waals surface area contributed by atoms with Crippen molar-refractivity contribution in [3.63, 3.8) is 0 Å². The van der Waals surface area contributed by atoms with Crippen LogP contribution in [-0.2, 0) is 4.74 Å². The first-order chi connectivity index (χ1) is 7.22. The predicted molar refractivity (Wildman–Crippen MR) is 60.1 cm³/mol. The van der Waals surface area contributed by atoms with Crippen molar-refractivity contribution in [2.45, 2.75) is 0 Å². The lowest BCUT2D eigenvalue weighted by Gasteiger charge is -2.02. The Hall–Kier alpha value is -1.43. The molecule has 0 aromatic carbocycles. The highest BCUT2D eigenvalue weighted by Crippen LogP contribution is 1.98. The highest BCUT2D eigenvalue weighted by molar-refractivity contribution is 9.09. The predicted octanol–water partition coefficient (Wildman–Crippen LogP) is 0.991. The van der Waals surface area contributed by atoms with Gasteiger partial charge in [0.1, 0.15) is 5.49 Å². The average molecular weight is 272 g/mol. The minimum Gasteiger partial charge on any atom is -0.465 e. The molecular weight excluding hydrogens is 262 g/mol. The quantitative estimate of drug-likeness (QED) is 0.356. The third-order valence-electron chi connectivity index (χ3n) is 1.70. The van der Waals surface area contributed by atoms with E-state index in [9.17, 15) is 4.79 Å². The molecule has 6 heteroatoms. The first kappa shape index (κ1) is 11.6. The molecule has 0 fully saturated rings. The van der Waals surface area contributed by atoms with Crippen molar-refractivity contribution in [3.05, 3.63) is 29.4 Å². The largest absolute Gasteiger partial charge is 0.465 e. The Morgan fingerprint density at radius 2 is 2.40 bits per heavy atom. The molecule has 0 atom stereocenters. The first-order valence-electron chi connectivity index (χ1n) is 4.07. The van der Waals surface area contributed by atoms with Crippen LogP contribution in [0, 0.1) is 0 Å². The molecule has 80 valence electrons. The Balaban J connectivity index is 3.25. The second-order valence-corrected chi connectivity index (χ2v) is 3.03. The van der Waals surface area contributed by atoms with Crippen molar-refractivity contribution < 1.29 is 9.53 Å². The summed E-state index contributed by atoms with van der Waals surface area (Å²) in [7, 11) is 1.32. The van der Waals surface area contributed by atoms with E-state index in [0.717, 1.165) is 0 Å². The molecule has 15 heavy (non-hydrogen) atoms. The van der Waals surface area contributed by atoms with E-state index in [2.05, 4.69) is 37.5 Å². The fraction of sp³-hybridized carbons (Fsp3) is 0.222. The number of aromatic nitrogens is 1. The van der Waals surface area contributed by atoms with Gasteiger partial charge in [-0.25, -0.2) is 9.47 Å². The van der Waals surface area contributed by atoms with Crippen LogP contribution in [0.25, 0.3) is 0 Å². The molecule has 0 unspecified atom stereocenters. The SMILES string of the molecule is C=Nn1cc(C(=O)OC)cc/c1=N/CBr. The Bertz CT molecular complexity index is 439. The maximum absolute atomic E-state index is 11.2. The molecule has 0 aliphatic rings. The number of carbonyl (C=O) groups excluding carboxylic acids is 1. The van der Waals surface area contributed by atoms with Gasteiger partial charge in [-0.3, -0.25) is 4.99 Å². The van der Waals surface area contributed by atoms with Gasteiger partial charge in [-0.15, -0.1) is 0 Å². The molecule has 0 saturated heterocycles. The Morgan fingerprint density at radius 3 is 2.93 bits per heavy atom. The van der Waals surface area contributed by atoms with Crippen molar-refractivity contribution in [3.8, 4) is 0 Å². The van der Waals surface area contributed by atoms with Crippen molar-refractivity contribution >= 4 is 28.6 Å². The lowest BCUT2D eigenvalue weighted by Crippen LogP contribution is -2.18. The number of methoxy groups -OCH3 is 1. The second kappa shape index (κ2) is 5.45. The lowest BCUT2D eigenvalue weighted by molar-refractivity contribution is 0.0599. The fourth-order valence-corrected chi connectivity index (χ4v) is 1.28. The van der Waals surface area contributed by atoms with Gasteiger partial charge in [0.2, 0.25) is 0 Å². The van der Waals surface area contributed by atoms with Crippen molar-refractivity contribution in [2.75, 3.05) is 12.6 Å². The van der Waals surface area contributed by atoms with Gasteiger partial charge in [-0.05, 0) is 12.1 Å². The van der Waals surface area contributed by atoms with E-state index in [0.29, 0.717) is 16.5 Å². The van der Waals surface area contributed by atoms with E-state index in [4.69, 9.17) is 0 Å². The number of alkyl halides is 1. The van der Waals surface area contributed by atoms with Crippen molar-refractivity contribution in [1.29, 1.82) is 0 Å². The minimum atomic E-state index is -0.419. The summed E-state index contributed by atoms with van der Waals surface area (Å²) in [5, 5.41) is 3.71. The number of rotatable bonds is 3.